The molecule has 1 aliphatic rings. The van der Waals surface area contributed by atoms with E-state index in [0.717, 1.165) is 31.6 Å². The summed E-state index contributed by atoms with van der Waals surface area (Å²) >= 11 is 0. The van der Waals surface area contributed by atoms with E-state index in [4.69, 9.17) is 9.84 Å². The van der Waals surface area contributed by atoms with Crippen LogP contribution in [-0.2, 0) is 11.4 Å². The molecule has 0 bridgehead atoms. The maximum absolute atomic E-state index is 12.2. The summed E-state index contributed by atoms with van der Waals surface area (Å²) in [5.41, 5.74) is 0.774. The summed E-state index contributed by atoms with van der Waals surface area (Å²) < 4.78 is 5.67. The number of aliphatic hydroxyl groups excluding tert-OH is 1. The number of hydrogen-bond donors (Lipinski definition) is 2. The van der Waals surface area contributed by atoms with Crippen LogP contribution in [0.5, 0.6) is 5.75 Å². The number of nitrogens with zero attached hydrogens (tertiary/aromatic N) is 1. The van der Waals surface area contributed by atoms with Gasteiger partial charge in [-0.15, -0.1) is 0 Å². The minimum Gasteiger partial charge on any atom is -0.481 e. The molecule has 0 spiro atoms. The van der Waals surface area contributed by atoms with Gasteiger partial charge < -0.3 is 20.1 Å². The van der Waals surface area contributed by atoms with E-state index in [-0.39, 0.29) is 12.5 Å². The van der Waals surface area contributed by atoms with Crippen molar-refractivity contribution >= 4 is 5.91 Å². The van der Waals surface area contributed by atoms with E-state index < -0.39 is 6.10 Å². The van der Waals surface area contributed by atoms with Gasteiger partial charge in [-0.25, -0.2) is 0 Å². The average Bonchev–Trinajstić information content (AvgIpc) is 2.99. The van der Waals surface area contributed by atoms with Crippen molar-refractivity contribution in [2.45, 2.75) is 39.9 Å². The zero-order valence-corrected chi connectivity index (χ0v) is 15.0. The van der Waals surface area contributed by atoms with Crippen molar-refractivity contribution in [3.63, 3.8) is 0 Å². The van der Waals surface area contributed by atoms with E-state index in [1.807, 2.05) is 12.1 Å². The Hall–Kier alpha value is -1.59. The van der Waals surface area contributed by atoms with Gasteiger partial charge in [0.05, 0.1) is 6.61 Å². The van der Waals surface area contributed by atoms with Gasteiger partial charge >= 0.3 is 0 Å². The highest BCUT2D eigenvalue weighted by Crippen LogP contribution is 2.17. The molecule has 1 aromatic carbocycles. The predicted molar refractivity (Wildman–Crippen MR) is 94.8 cm³/mol. The van der Waals surface area contributed by atoms with Crippen molar-refractivity contribution in [2.75, 3.05) is 26.2 Å². The van der Waals surface area contributed by atoms with Crippen LogP contribution in [0.2, 0.25) is 0 Å². The Labute approximate surface area is 145 Å². The number of carbonyl (C=O) groups is 1. The molecule has 2 N–H and O–H groups in total. The van der Waals surface area contributed by atoms with Gasteiger partial charge in [0, 0.05) is 19.6 Å². The fraction of sp³-hybridized carbons (Fsp3) is 0.632. The summed E-state index contributed by atoms with van der Waals surface area (Å²) in [6, 6.07) is 7.18. The lowest BCUT2D eigenvalue weighted by Gasteiger charge is -2.19. The fourth-order valence-electron chi connectivity index (χ4n) is 3.13. The first-order valence-electron chi connectivity index (χ1n) is 8.84. The van der Waals surface area contributed by atoms with Crippen molar-refractivity contribution in [1.29, 1.82) is 0 Å². The number of hydrogen-bond acceptors (Lipinski definition) is 4. The number of nitrogens with one attached hydrogen (secondary N) is 1. The largest absolute Gasteiger partial charge is 0.481 e. The normalized spacial score (nSPS) is 19.5. The maximum Gasteiger partial charge on any atom is 0.260 e. The molecule has 0 saturated carbocycles. The highest BCUT2D eigenvalue weighted by atomic mass is 16.5. The molecule has 2 rings (SSSR count). The molecule has 0 aromatic heterocycles. The fourth-order valence-corrected chi connectivity index (χ4v) is 3.13. The molecule has 1 saturated heterocycles. The van der Waals surface area contributed by atoms with Crippen molar-refractivity contribution < 1.29 is 14.6 Å². The second kappa shape index (κ2) is 9.04. The van der Waals surface area contributed by atoms with Gasteiger partial charge in [-0.3, -0.25) is 4.79 Å². The minimum absolute atomic E-state index is 0.0354. The van der Waals surface area contributed by atoms with E-state index in [9.17, 15) is 4.79 Å². The van der Waals surface area contributed by atoms with Gasteiger partial charge in [-0.2, -0.15) is 0 Å². The van der Waals surface area contributed by atoms with Crippen LogP contribution in [0.25, 0.3) is 0 Å². The minimum atomic E-state index is -0.549. The van der Waals surface area contributed by atoms with E-state index >= 15 is 0 Å². The lowest BCUT2D eigenvalue weighted by Crippen LogP contribution is -2.39. The Morgan fingerprint density at radius 3 is 2.92 bits per heavy atom. The van der Waals surface area contributed by atoms with Crippen molar-refractivity contribution in [1.82, 2.24) is 10.2 Å². The molecule has 0 radical (unpaired) electrons. The Bertz CT molecular complexity index is 533. The second-order valence-corrected chi connectivity index (χ2v) is 7.12. The van der Waals surface area contributed by atoms with Gasteiger partial charge in [-0.05, 0) is 49.4 Å². The van der Waals surface area contributed by atoms with E-state index in [1.165, 1.54) is 0 Å². The summed E-state index contributed by atoms with van der Waals surface area (Å²) in [7, 11) is 0. The third-order valence-corrected chi connectivity index (χ3v) is 4.32. The molecule has 5 nitrogen and oxygen atoms in total. The van der Waals surface area contributed by atoms with Crippen LogP contribution in [0.4, 0.5) is 0 Å². The van der Waals surface area contributed by atoms with Crippen LogP contribution in [-0.4, -0.2) is 48.2 Å². The monoisotopic (exact) mass is 334 g/mol. The lowest BCUT2D eigenvalue weighted by atomic mass is 10.1. The molecule has 2 atom stereocenters. The van der Waals surface area contributed by atoms with Crippen LogP contribution in [0.3, 0.4) is 0 Å². The first-order chi connectivity index (χ1) is 11.5. The predicted octanol–water partition coefficient (Wildman–Crippen LogP) is 2.04. The summed E-state index contributed by atoms with van der Waals surface area (Å²) in [5.74, 6) is 1.72. The Kier molecular flexibility index (Phi) is 7.06. The number of likely N-dealkylation sites (tertiary alicyclic amines) is 1. The lowest BCUT2D eigenvalue weighted by molar-refractivity contribution is -0.127. The molecule has 1 fully saturated rings. The molecule has 1 aromatic rings. The number of aliphatic hydroxyl groups is 1. The van der Waals surface area contributed by atoms with E-state index in [1.54, 1.807) is 19.1 Å². The molecular weight excluding hydrogens is 304 g/mol. The highest BCUT2D eigenvalue weighted by Gasteiger charge is 2.24. The number of benzene rings is 1. The first-order valence-corrected chi connectivity index (χ1v) is 8.84. The average molecular weight is 334 g/mol. The summed E-state index contributed by atoms with van der Waals surface area (Å²) in [6.45, 7) is 10.2. The van der Waals surface area contributed by atoms with Crippen molar-refractivity contribution in [3.8, 4) is 5.75 Å². The Morgan fingerprint density at radius 2 is 2.21 bits per heavy atom. The van der Waals surface area contributed by atoms with Gasteiger partial charge in [0.2, 0.25) is 0 Å². The summed E-state index contributed by atoms with van der Waals surface area (Å²) in [4.78, 5) is 14.7. The first kappa shape index (κ1) is 18.7. The molecule has 1 amide bonds. The zero-order chi connectivity index (χ0) is 17.5. The number of carbonyl (C=O) groups excluding carboxylic acids is 1. The third-order valence-electron chi connectivity index (χ3n) is 4.32. The maximum atomic E-state index is 12.2. The van der Waals surface area contributed by atoms with Gasteiger partial charge in [0.25, 0.3) is 5.91 Å². The molecule has 134 valence electrons. The standard InChI is InChI=1S/C19H30N2O3/c1-14(2)11-21-8-7-17(12-21)10-20-19(23)15(3)24-18-6-4-5-16(9-18)13-22/h4-6,9,14-15,17,22H,7-8,10-13H2,1-3H3,(H,20,23). The van der Waals surface area contributed by atoms with Gasteiger partial charge in [0.15, 0.2) is 6.10 Å². The molecule has 1 heterocycles. The topological polar surface area (TPSA) is 61.8 Å². The molecular formula is C19H30N2O3. The molecule has 0 aliphatic carbocycles. The second-order valence-electron chi connectivity index (χ2n) is 7.12. The van der Waals surface area contributed by atoms with Crippen molar-refractivity contribution in [3.05, 3.63) is 29.8 Å². The smallest absolute Gasteiger partial charge is 0.260 e. The van der Waals surface area contributed by atoms with Crippen LogP contribution in [0.15, 0.2) is 24.3 Å². The van der Waals surface area contributed by atoms with Crippen LogP contribution in [0.1, 0.15) is 32.8 Å². The van der Waals surface area contributed by atoms with Gasteiger partial charge in [0.1, 0.15) is 5.75 Å². The Balaban J connectivity index is 1.74. The Morgan fingerprint density at radius 1 is 1.42 bits per heavy atom. The molecule has 2 unspecified atom stereocenters. The SMILES string of the molecule is CC(C)CN1CCC(CNC(=O)C(C)Oc2cccc(CO)c2)C1. The van der Waals surface area contributed by atoms with Gasteiger partial charge in [-0.1, -0.05) is 26.0 Å². The summed E-state index contributed by atoms with van der Waals surface area (Å²) in [6.07, 6.45) is 0.591. The quantitative estimate of drug-likeness (QED) is 0.764. The van der Waals surface area contributed by atoms with Crippen LogP contribution < -0.4 is 10.1 Å². The molecule has 24 heavy (non-hydrogen) atoms. The van der Waals surface area contributed by atoms with Crippen LogP contribution >= 0.6 is 0 Å². The molecule has 1 aliphatic heterocycles. The van der Waals surface area contributed by atoms with E-state index in [0.29, 0.717) is 24.1 Å². The van der Waals surface area contributed by atoms with Crippen molar-refractivity contribution in [2.24, 2.45) is 11.8 Å². The van der Waals surface area contributed by atoms with Crippen LogP contribution in [0, 0.1) is 11.8 Å². The number of rotatable bonds is 8. The molecule has 5 heteroatoms. The number of amides is 1. The third kappa shape index (κ3) is 5.80. The number of ether oxygens (including phenoxy) is 1. The summed E-state index contributed by atoms with van der Waals surface area (Å²) in [5, 5.41) is 12.2. The highest BCUT2D eigenvalue weighted by molar-refractivity contribution is 5.80. The zero-order valence-electron chi connectivity index (χ0n) is 15.0. The van der Waals surface area contributed by atoms with E-state index in [2.05, 4.69) is 24.1 Å².